The number of terminal acetylenes is 1. The van der Waals surface area contributed by atoms with Gasteiger partial charge in [-0.25, -0.2) is 0 Å². The molecule has 0 aliphatic rings. The Hall–Kier alpha value is -1.31. The summed E-state index contributed by atoms with van der Waals surface area (Å²) in [5.74, 6) is 8.16. The van der Waals surface area contributed by atoms with Crippen molar-refractivity contribution in [1.82, 2.24) is 15.2 Å². The van der Waals surface area contributed by atoms with Crippen LogP contribution in [0.3, 0.4) is 0 Å². The summed E-state index contributed by atoms with van der Waals surface area (Å²) in [5, 5.41) is 4.39. The Labute approximate surface area is 97.2 Å². The average Bonchev–Trinajstić information content (AvgIpc) is 2.50. The largest absolute Gasteiger partial charge is 0.272 e. The van der Waals surface area contributed by atoms with Crippen LogP contribution in [0.5, 0.6) is 0 Å². The lowest BCUT2D eigenvalue weighted by molar-refractivity contribution is 0.496. The number of aromatic nitrogens is 2. The van der Waals surface area contributed by atoms with Gasteiger partial charge in [0.25, 0.3) is 0 Å². The second-order valence-electron chi connectivity index (χ2n) is 4.08. The first-order chi connectivity index (χ1) is 7.60. The topological polar surface area (TPSA) is 55.9 Å². The van der Waals surface area contributed by atoms with Gasteiger partial charge in [0.15, 0.2) is 0 Å². The molecule has 16 heavy (non-hydrogen) atoms. The molecule has 1 aromatic rings. The van der Waals surface area contributed by atoms with Crippen molar-refractivity contribution in [3.05, 3.63) is 17.0 Å². The molecule has 1 atom stereocenters. The van der Waals surface area contributed by atoms with Crippen LogP contribution < -0.4 is 11.3 Å². The van der Waals surface area contributed by atoms with Crippen molar-refractivity contribution in [3.63, 3.8) is 0 Å². The molecule has 3 N–H and O–H groups in total. The zero-order valence-electron chi connectivity index (χ0n) is 10.2. The Morgan fingerprint density at radius 1 is 1.56 bits per heavy atom. The fourth-order valence-corrected chi connectivity index (χ4v) is 1.86. The first-order valence-electron chi connectivity index (χ1n) is 5.48. The van der Waals surface area contributed by atoms with E-state index < -0.39 is 0 Å². The van der Waals surface area contributed by atoms with Crippen molar-refractivity contribution in [2.24, 2.45) is 12.9 Å². The molecule has 0 aliphatic carbocycles. The van der Waals surface area contributed by atoms with Gasteiger partial charge < -0.3 is 0 Å². The standard InChI is InChI=1S/C12H20N4/c1-5-6-7-11(14-13)8-12-9(2)15-16(4)10(12)3/h1,11,14H,6-8,13H2,2-4H3. The lowest BCUT2D eigenvalue weighted by Crippen LogP contribution is -2.36. The zero-order valence-corrected chi connectivity index (χ0v) is 10.2. The molecular weight excluding hydrogens is 200 g/mol. The van der Waals surface area contributed by atoms with Crippen molar-refractivity contribution in [1.29, 1.82) is 0 Å². The normalized spacial score (nSPS) is 12.4. The zero-order chi connectivity index (χ0) is 12.1. The number of nitrogens with zero attached hydrogens (tertiary/aromatic N) is 2. The average molecular weight is 220 g/mol. The first-order valence-corrected chi connectivity index (χ1v) is 5.48. The molecular formula is C12H20N4. The van der Waals surface area contributed by atoms with E-state index in [-0.39, 0.29) is 6.04 Å². The second-order valence-corrected chi connectivity index (χ2v) is 4.08. The van der Waals surface area contributed by atoms with Crippen molar-refractivity contribution >= 4 is 0 Å². The first kappa shape index (κ1) is 12.8. The molecule has 4 heteroatoms. The smallest absolute Gasteiger partial charge is 0.0628 e. The molecule has 0 spiro atoms. The van der Waals surface area contributed by atoms with E-state index in [0.717, 1.165) is 25.0 Å². The van der Waals surface area contributed by atoms with Crippen molar-refractivity contribution in [2.75, 3.05) is 0 Å². The number of hydrogen-bond donors (Lipinski definition) is 2. The van der Waals surface area contributed by atoms with Crippen LogP contribution in [0.2, 0.25) is 0 Å². The predicted octanol–water partition coefficient (Wildman–Crippen LogP) is 0.825. The van der Waals surface area contributed by atoms with Crippen LogP contribution in [0.15, 0.2) is 0 Å². The molecule has 0 saturated carbocycles. The van der Waals surface area contributed by atoms with Crippen LogP contribution in [0.25, 0.3) is 0 Å². The molecule has 1 unspecified atom stereocenters. The maximum atomic E-state index is 5.52. The third-order valence-corrected chi connectivity index (χ3v) is 2.98. The van der Waals surface area contributed by atoms with E-state index in [4.69, 9.17) is 12.3 Å². The maximum Gasteiger partial charge on any atom is 0.0628 e. The number of aryl methyl sites for hydroxylation is 2. The lowest BCUT2D eigenvalue weighted by atomic mass is 10.0. The Bertz CT molecular complexity index is 386. The van der Waals surface area contributed by atoms with Gasteiger partial charge in [0, 0.05) is 25.2 Å². The fraction of sp³-hybridized carbons (Fsp3) is 0.583. The fourth-order valence-electron chi connectivity index (χ4n) is 1.86. The van der Waals surface area contributed by atoms with Gasteiger partial charge in [-0.1, -0.05) is 0 Å². The third kappa shape index (κ3) is 2.84. The number of nitrogens with one attached hydrogen (secondary N) is 1. The molecule has 0 aliphatic heterocycles. The van der Waals surface area contributed by atoms with E-state index >= 15 is 0 Å². The van der Waals surface area contributed by atoms with E-state index in [1.165, 1.54) is 11.3 Å². The monoisotopic (exact) mass is 220 g/mol. The highest BCUT2D eigenvalue weighted by atomic mass is 15.3. The summed E-state index contributed by atoms with van der Waals surface area (Å²) < 4.78 is 1.90. The molecule has 0 bridgehead atoms. The van der Waals surface area contributed by atoms with Gasteiger partial charge in [0.2, 0.25) is 0 Å². The highest BCUT2D eigenvalue weighted by Crippen LogP contribution is 2.15. The Kier molecular flexibility index (Phi) is 4.53. The third-order valence-electron chi connectivity index (χ3n) is 2.98. The van der Waals surface area contributed by atoms with Crippen LogP contribution in [0.1, 0.15) is 29.8 Å². The van der Waals surface area contributed by atoms with Crippen LogP contribution in [0.4, 0.5) is 0 Å². The van der Waals surface area contributed by atoms with Gasteiger partial charge >= 0.3 is 0 Å². The molecule has 0 radical (unpaired) electrons. The Morgan fingerprint density at radius 3 is 2.69 bits per heavy atom. The highest BCUT2D eigenvalue weighted by molar-refractivity contribution is 5.25. The van der Waals surface area contributed by atoms with Gasteiger partial charge in [-0.2, -0.15) is 5.10 Å². The molecule has 0 aromatic carbocycles. The van der Waals surface area contributed by atoms with E-state index in [9.17, 15) is 0 Å². The molecule has 1 rings (SSSR count). The summed E-state index contributed by atoms with van der Waals surface area (Å²) in [6, 6.07) is 0.220. The molecule has 0 fully saturated rings. The van der Waals surface area contributed by atoms with Gasteiger partial charge in [-0.15, -0.1) is 12.3 Å². The summed E-state index contributed by atoms with van der Waals surface area (Å²) in [6.07, 6.45) is 7.77. The van der Waals surface area contributed by atoms with Gasteiger partial charge in [-0.05, 0) is 32.3 Å². The molecule has 1 aromatic heterocycles. The molecule has 0 saturated heterocycles. The number of hydrogen-bond acceptors (Lipinski definition) is 3. The molecule has 0 amide bonds. The Morgan fingerprint density at radius 2 is 2.25 bits per heavy atom. The second kappa shape index (κ2) is 5.69. The van der Waals surface area contributed by atoms with Crippen LogP contribution in [-0.2, 0) is 13.5 Å². The SMILES string of the molecule is C#CCCC(Cc1c(C)nn(C)c1C)NN. The van der Waals surface area contributed by atoms with E-state index in [2.05, 4.69) is 23.4 Å². The Balaban J connectivity index is 2.74. The van der Waals surface area contributed by atoms with Crippen LogP contribution in [0, 0.1) is 26.2 Å². The number of nitrogens with two attached hydrogens (primary N) is 1. The minimum atomic E-state index is 0.220. The van der Waals surface area contributed by atoms with Gasteiger partial charge in [0.1, 0.15) is 0 Å². The minimum absolute atomic E-state index is 0.220. The van der Waals surface area contributed by atoms with Crippen molar-refractivity contribution in [3.8, 4) is 12.3 Å². The maximum absolute atomic E-state index is 5.52. The van der Waals surface area contributed by atoms with E-state index in [0.29, 0.717) is 0 Å². The van der Waals surface area contributed by atoms with E-state index in [1.54, 1.807) is 0 Å². The summed E-state index contributed by atoms with van der Waals surface area (Å²) in [4.78, 5) is 0. The summed E-state index contributed by atoms with van der Waals surface area (Å²) in [6.45, 7) is 4.10. The van der Waals surface area contributed by atoms with Gasteiger partial charge in [0.05, 0.1) is 5.69 Å². The minimum Gasteiger partial charge on any atom is -0.272 e. The highest BCUT2D eigenvalue weighted by Gasteiger charge is 2.14. The summed E-state index contributed by atoms with van der Waals surface area (Å²) in [7, 11) is 1.96. The quantitative estimate of drug-likeness (QED) is 0.439. The predicted molar refractivity (Wildman–Crippen MR) is 65.6 cm³/mol. The summed E-state index contributed by atoms with van der Waals surface area (Å²) in [5.41, 5.74) is 6.35. The van der Waals surface area contributed by atoms with Crippen molar-refractivity contribution in [2.45, 2.75) is 39.2 Å². The van der Waals surface area contributed by atoms with Crippen molar-refractivity contribution < 1.29 is 0 Å². The molecule has 88 valence electrons. The van der Waals surface area contributed by atoms with Gasteiger partial charge in [-0.3, -0.25) is 16.0 Å². The summed E-state index contributed by atoms with van der Waals surface area (Å²) >= 11 is 0. The van der Waals surface area contributed by atoms with Crippen LogP contribution >= 0.6 is 0 Å². The number of rotatable bonds is 5. The van der Waals surface area contributed by atoms with E-state index in [1.807, 2.05) is 18.7 Å². The molecule has 4 nitrogen and oxygen atoms in total. The lowest BCUT2D eigenvalue weighted by Gasteiger charge is -2.14. The number of hydrazine groups is 1. The molecule has 1 heterocycles. The van der Waals surface area contributed by atoms with Crippen LogP contribution in [-0.4, -0.2) is 15.8 Å².